The Balaban J connectivity index is 2.03. The van der Waals surface area contributed by atoms with Gasteiger partial charge in [0.2, 0.25) is 5.82 Å². The highest BCUT2D eigenvalue weighted by Crippen LogP contribution is 2.32. The predicted molar refractivity (Wildman–Crippen MR) is 87.4 cm³/mol. The third-order valence-corrected chi connectivity index (χ3v) is 4.16. The average molecular weight is 348 g/mol. The van der Waals surface area contributed by atoms with E-state index in [2.05, 4.69) is 20.3 Å². The summed E-state index contributed by atoms with van der Waals surface area (Å²) in [7, 11) is 0. The molecule has 0 saturated carbocycles. The minimum atomic E-state index is -3.11. The van der Waals surface area contributed by atoms with Gasteiger partial charge in [0.05, 0.1) is 22.4 Å². The smallest absolute Gasteiger partial charge is 0.276 e. The second-order valence-corrected chi connectivity index (χ2v) is 6.16. The lowest BCUT2D eigenvalue weighted by molar-refractivity contribution is 0.00801. The first-order valence-electron chi connectivity index (χ1n) is 7.22. The molecule has 3 heterocycles. The number of hydrogen-bond donors (Lipinski definition) is 1. The topological polar surface area (TPSA) is 58.9 Å². The summed E-state index contributed by atoms with van der Waals surface area (Å²) in [5.41, 5.74) is 3.38. The first-order valence-corrected chi connectivity index (χ1v) is 7.60. The van der Waals surface area contributed by atoms with Crippen molar-refractivity contribution in [3.63, 3.8) is 0 Å². The second kappa shape index (κ2) is 4.98. The number of aromatic amines is 1. The number of aryl methyl sites for hydroxylation is 1. The summed E-state index contributed by atoms with van der Waals surface area (Å²) in [6, 6.07) is 7.14. The van der Waals surface area contributed by atoms with Crippen LogP contribution in [0, 0.1) is 6.92 Å². The van der Waals surface area contributed by atoms with Crippen molar-refractivity contribution in [2.24, 2.45) is 0 Å². The maximum Gasteiger partial charge on any atom is 0.305 e. The zero-order valence-electron chi connectivity index (χ0n) is 12.8. The molecular formula is C16H12ClF2N5. The molecular weight excluding hydrogens is 336 g/mol. The number of benzene rings is 1. The highest BCUT2D eigenvalue weighted by atomic mass is 35.5. The van der Waals surface area contributed by atoms with Gasteiger partial charge in [-0.2, -0.15) is 13.9 Å². The summed E-state index contributed by atoms with van der Waals surface area (Å²) in [5, 5.41) is 12.1. The molecule has 0 atom stereocenters. The molecule has 4 aromatic rings. The van der Waals surface area contributed by atoms with Gasteiger partial charge in [0.1, 0.15) is 0 Å². The van der Waals surface area contributed by atoms with E-state index in [0.717, 1.165) is 29.0 Å². The minimum absolute atomic E-state index is 0.357. The second-order valence-electron chi connectivity index (χ2n) is 5.75. The zero-order chi connectivity index (χ0) is 17.1. The van der Waals surface area contributed by atoms with Crippen molar-refractivity contribution in [1.82, 2.24) is 24.8 Å². The van der Waals surface area contributed by atoms with E-state index in [1.165, 1.54) is 4.52 Å². The number of nitrogens with one attached hydrogen (secondary N) is 1. The molecule has 8 heteroatoms. The highest BCUT2D eigenvalue weighted by Gasteiger charge is 2.30. The van der Waals surface area contributed by atoms with Crippen molar-refractivity contribution >= 4 is 28.2 Å². The summed E-state index contributed by atoms with van der Waals surface area (Å²) in [5.74, 6) is -3.62. The summed E-state index contributed by atoms with van der Waals surface area (Å²) in [6.45, 7) is 2.66. The summed E-state index contributed by atoms with van der Waals surface area (Å²) < 4.78 is 28.6. The molecule has 0 aliphatic heterocycles. The van der Waals surface area contributed by atoms with Crippen molar-refractivity contribution in [1.29, 1.82) is 0 Å². The van der Waals surface area contributed by atoms with Gasteiger partial charge in [0.15, 0.2) is 5.65 Å². The number of halogens is 3. The zero-order valence-corrected chi connectivity index (χ0v) is 13.6. The number of H-pyrrole nitrogens is 1. The van der Waals surface area contributed by atoms with E-state index in [0.29, 0.717) is 16.4 Å². The van der Waals surface area contributed by atoms with Crippen LogP contribution in [-0.4, -0.2) is 24.8 Å². The molecule has 1 N–H and O–H groups in total. The average Bonchev–Trinajstić information content (AvgIpc) is 3.12. The lowest BCUT2D eigenvalue weighted by Gasteiger charge is -2.09. The molecule has 4 rings (SSSR count). The Labute approximate surface area is 140 Å². The fraction of sp³-hybridized carbons (Fsp3) is 0.188. The number of pyridine rings is 1. The Morgan fingerprint density at radius 3 is 2.79 bits per heavy atom. The van der Waals surface area contributed by atoms with Crippen LogP contribution in [0.25, 0.3) is 27.8 Å². The van der Waals surface area contributed by atoms with Gasteiger partial charge in [0.25, 0.3) is 0 Å². The van der Waals surface area contributed by atoms with E-state index in [4.69, 9.17) is 11.6 Å². The largest absolute Gasteiger partial charge is 0.305 e. The summed E-state index contributed by atoms with van der Waals surface area (Å²) >= 11 is 6.30. The van der Waals surface area contributed by atoms with Gasteiger partial charge >= 0.3 is 5.92 Å². The highest BCUT2D eigenvalue weighted by molar-refractivity contribution is 6.35. The number of aromatic nitrogens is 5. The van der Waals surface area contributed by atoms with Crippen LogP contribution in [0.5, 0.6) is 0 Å². The van der Waals surface area contributed by atoms with Crippen LogP contribution in [-0.2, 0) is 5.92 Å². The van der Waals surface area contributed by atoms with Crippen molar-refractivity contribution in [2.45, 2.75) is 19.8 Å². The molecule has 0 unspecified atom stereocenters. The van der Waals surface area contributed by atoms with E-state index in [1.807, 2.05) is 19.1 Å². The first kappa shape index (κ1) is 15.0. The van der Waals surface area contributed by atoms with Crippen molar-refractivity contribution in [3.8, 4) is 11.3 Å². The SMILES string of the molecule is Cc1ccc2nc(C(C)(F)F)nn2c1-c1cc(Cl)c2[nH]ncc2c1. The van der Waals surface area contributed by atoms with E-state index in [9.17, 15) is 8.78 Å². The Bertz CT molecular complexity index is 1080. The van der Waals surface area contributed by atoms with Gasteiger partial charge < -0.3 is 0 Å². The van der Waals surface area contributed by atoms with Crippen LogP contribution in [0.3, 0.4) is 0 Å². The first-order chi connectivity index (χ1) is 11.3. The van der Waals surface area contributed by atoms with Crippen LogP contribution < -0.4 is 0 Å². The van der Waals surface area contributed by atoms with Crippen LogP contribution in [0.2, 0.25) is 5.02 Å². The van der Waals surface area contributed by atoms with Crippen molar-refractivity contribution in [3.05, 3.63) is 46.9 Å². The monoisotopic (exact) mass is 347 g/mol. The predicted octanol–water partition coefficient (Wildman–Crippen LogP) is 4.35. The molecule has 0 aliphatic rings. The molecule has 3 aromatic heterocycles. The molecule has 0 spiro atoms. The molecule has 0 saturated heterocycles. The Morgan fingerprint density at radius 1 is 1.25 bits per heavy atom. The van der Waals surface area contributed by atoms with E-state index in [1.54, 1.807) is 18.3 Å². The lowest BCUT2D eigenvalue weighted by Crippen LogP contribution is -2.09. The molecule has 24 heavy (non-hydrogen) atoms. The van der Waals surface area contributed by atoms with E-state index < -0.39 is 11.7 Å². The summed E-state index contributed by atoms with van der Waals surface area (Å²) in [4.78, 5) is 3.94. The number of nitrogens with zero attached hydrogens (tertiary/aromatic N) is 4. The normalized spacial score (nSPS) is 12.4. The quantitative estimate of drug-likeness (QED) is 0.586. The van der Waals surface area contributed by atoms with Crippen LogP contribution in [0.4, 0.5) is 8.78 Å². The van der Waals surface area contributed by atoms with Gasteiger partial charge in [-0.3, -0.25) is 5.10 Å². The standard InChI is InChI=1S/C16H12ClF2N5/c1-8-3-4-12-21-15(16(2,18)19)23-24(12)14(8)9-5-10-7-20-22-13(10)11(17)6-9/h3-7H,1-2H3,(H,20,22). The van der Waals surface area contributed by atoms with E-state index >= 15 is 0 Å². The summed E-state index contributed by atoms with van der Waals surface area (Å²) in [6.07, 6.45) is 1.66. The fourth-order valence-corrected chi connectivity index (χ4v) is 3.00. The van der Waals surface area contributed by atoms with Crippen LogP contribution >= 0.6 is 11.6 Å². The maximum atomic E-state index is 13.6. The number of alkyl halides is 2. The molecule has 0 bridgehead atoms. The molecule has 0 aliphatic carbocycles. The molecule has 1 aromatic carbocycles. The van der Waals surface area contributed by atoms with Gasteiger partial charge in [0, 0.05) is 17.9 Å². The van der Waals surface area contributed by atoms with E-state index in [-0.39, 0.29) is 0 Å². The van der Waals surface area contributed by atoms with Gasteiger partial charge in [-0.1, -0.05) is 17.7 Å². The number of rotatable bonds is 2. The molecule has 5 nitrogen and oxygen atoms in total. The van der Waals surface area contributed by atoms with Crippen molar-refractivity contribution in [2.75, 3.05) is 0 Å². The Kier molecular flexibility index (Phi) is 3.11. The minimum Gasteiger partial charge on any atom is -0.276 e. The van der Waals surface area contributed by atoms with Crippen molar-refractivity contribution < 1.29 is 8.78 Å². The number of fused-ring (bicyclic) bond motifs is 2. The van der Waals surface area contributed by atoms with Gasteiger partial charge in [-0.15, -0.1) is 5.10 Å². The molecule has 0 radical (unpaired) electrons. The molecule has 0 fully saturated rings. The lowest BCUT2D eigenvalue weighted by atomic mass is 10.0. The number of hydrogen-bond acceptors (Lipinski definition) is 3. The molecule has 0 amide bonds. The maximum absolute atomic E-state index is 13.6. The third-order valence-electron chi connectivity index (χ3n) is 3.87. The van der Waals surface area contributed by atoms with Crippen LogP contribution in [0.15, 0.2) is 30.5 Å². The third kappa shape index (κ3) is 2.24. The van der Waals surface area contributed by atoms with Gasteiger partial charge in [-0.05, 0) is 30.7 Å². The Morgan fingerprint density at radius 2 is 2.04 bits per heavy atom. The molecule has 122 valence electrons. The van der Waals surface area contributed by atoms with Gasteiger partial charge in [-0.25, -0.2) is 9.50 Å². The fourth-order valence-electron chi connectivity index (χ4n) is 2.73. The van der Waals surface area contributed by atoms with Crippen LogP contribution in [0.1, 0.15) is 18.3 Å². The Hall–Kier alpha value is -2.54.